The number of hydrogen-bond acceptors (Lipinski definition) is 5. The first-order valence-electron chi connectivity index (χ1n) is 9.09. The Hall–Kier alpha value is -2.40. The summed E-state index contributed by atoms with van der Waals surface area (Å²) in [6.07, 6.45) is 1.12. The lowest BCUT2D eigenvalue weighted by Gasteiger charge is -2.21. The highest BCUT2D eigenvalue weighted by Crippen LogP contribution is 2.37. The number of benzene rings is 2. The normalized spacial score (nSPS) is 19.4. The SMILES string of the molecule is COc1ccc(OC)c([C@@H]2CCN(Cc3ccc4c(c3)OCCO4)C2)c1. The molecule has 0 unspecified atom stereocenters. The topological polar surface area (TPSA) is 40.2 Å². The van der Waals surface area contributed by atoms with Crippen LogP contribution >= 0.6 is 0 Å². The molecule has 138 valence electrons. The molecule has 26 heavy (non-hydrogen) atoms. The highest BCUT2D eigenvalue weighted by Gasteiger charge is 2.27. The minimum absolute atomic E-state index is 0.456. The van der Waals surface area contributed by atoms with Crippen LogP contribution in [0.1, 0.15) is 23.5 Å². The molecule has 1 fully saturated rings. The van der Waals surface area contributed by atoms with Gasteiger partial charge in [0.05, 0.1) is 14.2 Å². The third kappa shape index (κ3) is 3.44. The average molecular weight is 355 g/mol. The van der Waals surface area contributed by atoms with Crippen LogP contribution in [0.3, 0.4) is 0 Å². The van der Waals surface area contributed by atoms with Gasteiger partial charge in [0.1, 0.15) is 24.7 Å². The summed E-state index contributed by atoms with van der Waals surface area (Å²) in [5, 5.41) is 0. The number of rotatable bonds is 5. The highest BCUT2D eigenvalue weighted by molar-refractivity contribution is 5.44. The van der Waals surface area contributed by atoms with Gasteiger partial charge in [-0.1, -0.05) is 6.07 Å². The summed E-state index contributed by atoms with van der Waals surface area (Å²) in [4.78, 5) is 2.48. The Balaban J connectivity index is 1.46. The van der Waals surface area contributed by atoms with Gasteiger partial charge in [-0.3, -0.25) is 4.90 Å². The smallest absolute Gasteiger partial charge is 0.161 e. The second kappa shape index (κ2) is 7.46. The van der Waals surface area contributed by atoms with Crippen molar-refractivity contribution in [2.75, 3.05) is 40.5 Å². The van der Waals surface area contributed by atoms with Crippen molar-refractivity contribution < 1.29 is 18.9 Å². The Morgan fingerprint density at radius 1 is 1.00 bits per heavy atom. The van der Waals surface area contributed by atoms with Crippen LogP contribution in [0.5, 0.6) is 23.0 Å². The molecule has 5 nitrogen and oxygen atoms in total. The summed E-state index contributed by atoms with van der Waals surface area (Å²) >= 11 is 0. The first-order chi connectivity index (χ1) is 12.8. The number of hydrogen-bond donors (Lipinski definition) is 0. The Labute approximate surface area is 154 Å². The van der Waals surface area contributed by atoms with E-state index in [1.54, 1.807) is 14.2 Å². The molecule has 0 aromatic heterocycles. The van der Waals surface area contributed by atoms with E-state index in [0.717, 1.165) is 49.1 Å². The lowest BCUT2D eigenvalue weighted by atomic mass is 9.97. The van der Waals surface area contributed by atoms with Crippen LogP contribution in [-0.2, 0) is 6.54 Å². The van der Waals surface area contributed by atoms with E-state index >= 15 is 0 Å². The van der Waals surface area contributed by atoms with Gasteiger partial charge in [0.25, 0.3) is 0 Å². The standard InChI is InChI=1S/C21H25NO4/c1-23-17-4-6-19(24-2)18(12-17)16-7-8-22(14-16)13-15-3-5-20-21(11-15)26-10-9-25-20/h3-6,11-12,16H,7-10,13-14H2,1-2H3/t16-/m1/s1. The molecule has 2 aliphatic rings. The number of ether oxygens (including phenoxy) is 4. The van der Waals surface area contributed by atoms with Crippen molar-refractivity contribution in [3.8, 4) is 23.0 Å². The van der Waals surface area contributed by atoms with E-state index < -0.39 is 0 Å². The van der Waals surface area contributed by atoms with E-state index in [1.807, 2.05) is 18.2 Å². The summed E-state index contributed by atoms with van der Waals surface area (Å²) in [5.41, 5.74) is 2.49. The van der Waals surface area contributed by atoms with Gasteiger partial charge < -0.3 is 18.9 Å². The van der Waals surface area contributed by atoms with Crippen LogP contribution in [0.2, 0.25) is 0 Å². The number of likely N-dealkylation sites (tertiary alicyclic amines) is 1. The fraction of sp³-hybridized carbons (Fsp3) is 0.429. The third-order valence-corrected chi connectivity index (χ3v) is 5.16. The minimum Gasteiger partial charge on any atom is -0.497 e. The zero-order chi connectivity index (χ0) is 17.9. The monoisotopic (exact) mass is 355 g/mol. The fourth-order valence-electron chi connectivity index (χ4n) is 3.83. The molecule has 2 aromatic rings. The van der Waals surface area contributed by atoms with E-state index in [0.29, 0.717) is 19.1 Å². The lowest BCUT2D eigenvalue weighted by molar-refractivity contribution is 0.171. The van der Waals surface area contributed by atoms with Crippen molar-refractivity contribution in [1.82, 2.24) is 4.90 Å². The number of fused-ring (bicyclic) bond motifs is 1. The van der Waals surface area contributed by atoms with Crippen LogP contribution in [0.25, 0.3) is 0 Å². The van der Waals surface area contributed by atoms with E-state index in [2.05, 4.69) is 23.1 Å². The van der Waals surface area contributed by atoms with Gasteiger partial charge >= 0.3 is 0 Å². The fourth-order valence-corrected chi connectivity index (χ4v) is 3.83. The molecule has 0 bridgehead atoms. The van der Waals surface area contributed by atoms with Gasteiger partial charge in [-0.05, 0) is 48.9 Å². The van der Waals surface area contributed by atoms with E-state index in [4.69, 9.17) is 18.9 Å². The van der Waals surface area contributed by atoms with Crippen LogP contribution in [-0.4, -0.2) is 45.4 Å². The van der Waals surface area contributed by atoms with E-state index in [1.165, 1.54) is 11.1 Å². The Kier molecular flexibility index (Phi) is 4.89. The molecule has 1 atom stereocenters. The molecule has 0 saturated carbocycles. The maximum absolute atomic E-state index is 5.70. The summed E-state index contributed by atoms with van der Waals surface area (Å²) in [6, 6.07) is 12.3. The van der Waals surface area contributed by atoms with Gasteiger partial charge in [0.15, 0.2) is 11.5 Å². The maximum atomic E-state index is 5.70. The summed E-state index contributed by atoms with van der Waals surface area (Å²) in [7, 11) is 3.43. The second-order valence-corrected chi connectivity index (χ2v) is 6.81. The Bertz CT molecular complexity index is 777. The van der Waals surface area contributed by atoms with Crippen molar-refractivity contribution in [2.45, 2.75) is 18.9 Å². The molecule has 0 amide bonds. The molecule has 2 aliphatic heterocycles. The van der Waals surface area contributed by atoms with Crippen LogP contribution in [0, 0.1) is 0 Å². The quantitative estimate of drug-likeness (QED) is 0.821. The second-order valence-electron chi connectivity index (χ2n) is 6.81. The van der Waals surface area contributed by atoms with Crippen molar-refractivity contribution in [2.24, 2.45) is 0 Å². The average Bonchev–Trinajstić information content (AvgIpc) is 3.15. The van der Waals surface area contributed by atoms with Gasteiger partial charge in [-0.2, -0.15) is 0 Å². The molecule has 5 heteroatoms. The molecular formula is C21H25NO4. The third-order valence-electron chi connectivity index (χ3n) is 5.16. The first kappa shape index (κ1) is 17.0. The highest BCUT2D eigenvalue weighted by atomic mass is 16.6. The van der Waals surface area contributed by atoms with E-state index in [9.17, 15) is 0 Å². The van der Waals surface area contributed by atoms with Gasteiger partial charge in [0, 0.05) is 24.6 Å². The summed E-state index contributed by atoms with van der Waals surface area (Å²) in [5.74, 6) is 3.99. The van der Waals surface area contributed by atoms with Crippen molar-refractivity contribution >= 4 is 0 Å². The minimum atomic E-state index is 0.456. The van der Waals surface area contributed by atoms with Gasteiger partial charge in [0.2, 0.25) is 0 Å². The number of nitrogens with zero attached hydrogens (tertiary/aromatic N) is 1. The lowest BCUT2D eigenvalue weighted by Crippen LogP contribution is -2.20. The predicted molar refractivity (Wildman–Crippen MR) is 99.6 cm³/mol. The predicted octanol–water partition coefficient (Wildman–Crippen LogP) is 3.46. The van der Waals surface area contributed by atoms with Crippen molar-refractivity contribution in [3.63, 3.8) is 0 Å². The summed E-state index contributed by atoms with van der Waals surface area (Å²) < 4.78 is 22.3. The molecule has 0 radical (unpaired) electrons. The Morgan fingerprint density at radius 2 is 1.85 bits per heavy atom. The zero-order valence-electron chi connectivity index (χ0n) is 15.4. The maximum Gasteiger partial charge on any atom is 0.161 e. The molecule has 0 aliphatic carbocycles. The first-order valence-corrected chi connectivity index (χ1v) is 9.09. The van der Waals surface area contributed by atoms with Crippen molar-refractivity contribution in [3.05, 3.63) is 47.5 Å². The molecular weight excluding hydrogens is 330 g/mol. The van der Waals surface area contributed by atoms with Crippen LogP contribution in [0.15, 0.2) is 36.4 Å². The van der Waals surface area contributed by atoms with Crippen LogP contribution in [0.4, 0.5) is 0 Å². The van der Waals surface area contributed by atoms with Crippen LogP contribution < -0.4 is 18.9 Å². The largest absolute Gasteiger partial charge is 0.497 e. The molecule has 4 rings (SSSR count). The molecule has 2 heterocycles. The number of methoxy groups -OCH3 is 2. The zero-order valence-corrected chi connectivity index (χ0v) is 15.4. The molecule has 0 N–H and O–H groups in total. The summed E-state index contributed by atoms with van der Waals surface area (Å²) in [6.45, 7) is 4.25. The molecule has 1 saturated heterocycles. The van der Waals surface area contributed by atoms with Gasteiger partial charge in [-0.25, -0.2) is 0 Å². The van der Waals surface area contributed by atoms with E-state index in [-0.39, 0.29) is 0 Å². The van der Waals surface area contributed by atoms with Crippen molar-refractivity contribution in [1.29, 1.82) is 0 Å². The molecule has 0 spiro atoms. The Morgan fingerprint density at radius 3 is 2.65 bits per heavy atom. The molecule has 2 aromatic carbocycles. The van der Waals surface area contributed by atoms with Gasteiger partial charge in [-0.15, -0.1) is 0 Å².